The van der Waals surface area contributed by atoms with Crippen LogP contribution in [0.4, 0.5) is 13.2 Å². The monoisotopic (exact) mass is 408 g/mol. The predicted molar refractivity (Wildman–Crippen MR) is 110 cm³/mol. The van der Waals surface area contributed by atoms with Crippen LogP contribution in [0.2, 0.25) is 5.02 Å². The molecule has 144 valence electrons. The molecular formula is C25H16ClF3. The highest BCUT2D eigenvalue weighted by Crippen LogP contribution is 2.45. The Morgan fingerprint density at radius 1 is 0.414 bits per heavy atom. The third kappa shape index (κ3) is 3.54. The molecule has 0 saturated heterocycles. The van der Waals surface area contributed by atoms with Crippen molar-refractivity contribution in [1.82, 2.24) is 0 Å². The van der Waals surface area contributed by atoms with Crippen molar-refractivity contribution in [1.29, 1.82) is 0 Å². The van der Waals surface area contributed by atoms with Gasteiger partial charge < -0.3 is 0 Å². The fraction of sp³-hybridized carbons (Fsp3) is 0.0400. The Morgan fingerprint density at radius 3 is 0.931 bits per heavy atom. The Kier molecular flexibility index (Phi) is 5.16. The molecule has 0 atom stereocenters. The molecule has 0 spiro atoms. The average Bonchev–Trinajstić information content (AvgIpc) is 2.73. The predicted octanol–water partition coefficient (Wildman–Crippen LogP) is 7.14. The van der Waals surface area contributed by atoms with E-state index in [0.29, 0.717) is 5.02 Å². The quantitative estimate of drug-likeness (QED) is 0.315. The molecule has 0 N–H and O–H groups in total. The van der Waals surface area contributed by atoms with E-state index in [-0.39, 0.29) is 17.5 Å². The highest BCUT2D eigenvalue weighted by Gasteiger charge is 2.38. The van der Waals surface area contributed by atoms with E-state index < -0.39 is 5.41 Å². The number of hydrogen-bond acceptors (Lipinski definition) is 0. The summed E-state index contributed by atoms with van der Waals surface area (Å²) in [7, 11) is 0. The van der Waals surface area contributed by atoms with E-state index in [4.69, 9.17) is 11.6 Å². The van der Waals surface area contributed by atoms with Crippen LogP contribution >= 0.6 is 11.6 Å². The first kappa shape index (κ1) is 19.3. The summed E-state index contributed by atoms with van der Waals surface area (Å²) in [5.74, 6) is -1.09. The van der Waals surface area contributed by atoms with Gasteiger partial charge in [-0.05, 0) is 70.8 Å². The summed E-state index contributed by atoms with van der Waals surface area (Å²) in [6.07, 6.45) is 0. The molecule has 0 aliphatic heterocycles. The fourth-order valence-corrected chi connectivity index (χ4v) is 3.93. The van der Waals surface area contributed by atoms with Gasteiger partial charge in [0.15, 0.2) is 0 Å². The molecule has 0 fully saturated rings. The summed E-state index contributed by atoms with van der Waals surface area (Å²) in [6, 6.07) is 25.7. The molecule has 0 aliphatic rings. The first-order valence-electron chi connectivity index (χ1n) is 9.04. The molecule has 0 radical (unpaired) electrons. The van der Waals surface area contributed by atoms with Crippen LogP contribution in [-0.4, -0.2) is 0 Å². The topological polar surface area (TPSA) is 0 Å². The minimum absolute atomic E-state index is 0.364. The molecule has 0 saturated carbocycles. The van der Waals surface area contributed by atoms with Gasteiger partial charge in [-0.3, -0.25) is 0 Å². The van der Waals surface area contributed by atoms with Crippen molar-refractivity contribution in [2.24, 2.45) is 0 Å². The molecule has 0 amide bonds. The van der Waals surface area contributed by atoms with Crippen molar-refractivity contribution in [3.63, 3.8) is 0 Å². The second kappa shape index (κ2) is 7.76. The van der Waals surface area contributed by atoms with E-state index in [1.165, 1.54) is 36.4 Å². The maximum absolute atomic E-state index is 13.7. The molecule has 0 aromatic heterocycles. The molecule has 4 aromatic carbocycles. The number of hydrogen-bond donors (Lipinski definition) is 0. The summed E-state index contributed by atoms with van der Waals surface area (Å²) in [6.45, 7) is 0. The molecule has 0 bridgehead atoms. The molecule has 0 unspecified atom stereocenters. The Morgan fingerprint density at radius 2 is 0.655 bits per heavy atom. The van der Waals surface area contributed by atoms with Gasteiger partial charge >= 0.3 is 0 Å². The largest absolute Gasteiger partial charge is 0.207 e. The van der Waals surface area contributed by atoms with Crippen LogP contribution in [0.3, 0.4) is 0 Å². The zero-order valence-electron chi connectivity index (χ0n) is 15.2. The first-order chi connectivity index (χ1) is 14.0. The Labute approximate surface area is 172 Å². The van der Waals surface area contributed by atoms with Crippen LogP contribution in [-0.2, 0) is 5.41 Å². The molecule has 29 heavy (non-hydrogen) atoms. The Hall–Kier alpha value is -3.04. The van der Waals surface area contributed by atoms with Crippen molar-refractivity contribution < 1.29 is 13.2 Å². The Bertz CT molecular complexity index is 913. The van der Waals surface area contributed by atoms with Crippen LogP contribution in [0.1, 0.15) is 22.3 Å². The zero-order valence-corrected chi connectivity index (χ0v) is 16.0. The summed E-state index contributed by atoms with van der Waals surface area (Å²) in [5, 5.41) is 0.569. The third-order valence-electron chi connectivity index (χ3n) is 5.11. The second-order valence-electron chi connectivity index (χ2n) is 6.78. The van der Waals surface area contributed by atoms with Gasteiger partial charge in [0.1, 0.15) is 17.5 Å². The van der Waals surface area contributed by atoms with E-state index in [2.05, 4.69) is 0 Å². The highest BCUT2D eigenvalue weighted by molar-refractivity contribution is 6.30. The van der Waals surface area contributed by atoms with Gasteiger partial charge in [0.25, 0.3) is 0 Å². The van der Waals surface area contributed by atoms with Crippen molar-refractivity contribution in [2.45, 2.75) is 5.41 Å². The summed E-state index contributed by atoms with van der Waals surface area (Å²) < 4.78 is 41.2. The zero-order chi connectivity index (χ0) is 20.4. The molecule has 0 nitrogen and oxygen atoms in total. The lowest BCUT2D eigenvalue weighted by molar-refractivity contribution is 0.619. The minimum atomic E-state index is -0.917. The Balaban J connectivity index is 2.11. The van der Waals surface area contributed by atoms with Gasteiger partial charge in [0.2, 0.25) is 0 Å². The number of halogens is 4. The van der Waals surface area contributed by atoms with Crippen LogP contribution < -0.4 is 0 Å². The van der Waals surface area contributed by atoms with Gasteiger partial charge in [-0.1, -0.05) is 60.1 Å². The SMILES string of the molecule is Fc1ccc(C(c2ccc(F)cc2)(c2ccc(F)cc2)c2ccc(Cl)cc2)cc1. The van der Waals surface area contributed by atoms with Gasteiger partial charge in [0, 0.05) is 5.02 Å². The molecule has 4 heteroatoms. The van der Waals surface area contributed by atoms with Crippen molar-refractivity contribution in [3.05, 3.63) is 142 Å². The number of benzene rings is 4. The lowest BCUT2D eigenvalue weighted by Crippen LogP contribution is -2.31. The molecule has 4 aromatic rings. The first-order valence-corrected chi connectivity index (χ1v) is 9.42. The van der Waals surface area contributed by atoms with Crippen LogP contribution in [0.5, 0.6) is 0 Å². The van der Waals surface area contributed by atoms with Crippen LogP contribution in [0.15, 0.2) is 97.1 Å². The van der Waals surface area contributed by atoms with Crippen LogP contribution in [0.25, 0.3) is 0 Å². The van der Waals surface area contributed by atoms with Crippen molar-refractivity contribution in [2.75, 3.05) is 0 Å². The molecular weight excluding hydrogens is 393 g/mol. The fourth-order valence-electron chi connectivity index (χ4n) is 3.80. The van der Waals surface area contributed by atoms with Crippen molar-refractivity contribution in [3.8, 4) is 0 Å². The van der Waals surface area contributed by atoms with Crippen LogP contribution in [0, 0.1) is 17.5 Å². The summed E-state index contributed by atoms with van der Waals surface area (Å²) in [5.41, 5.74) is 2.21. The average molecular weight is 409 g/mol. The standard InChI is InChI=1S/C25H16ClF3/c26-21-9-1-17(2-10-21)25(18-3-11-22(27)12-4-18,19-5-13-23(28)14-6-19)20-7-15-24(29)16-8-20/h1-16H. The lowest BCUT2D eigenvalue weighted by Gasteiger charge is -2.37. The van der Waals surface area contributed by atoms with Gasteiger partial charge in [0.05, 0.1) is 5.41 Å². The second-order valence-corrected chi connectivity index (χ2v) is 7.21. The lowest BCUT2D eigenvalue weighted by atomic mass is 9.65. The van der Waals surface area contributed by atoms with E-state index in [9.17, 15) is 13.2 Å². The smallest absolute Gasteiger partial charge is 0.123 e. The maximum Gasteiger partial charge on any atom is 0.123 e. The molecule has 4 rings (SSSR count). The number of rotatable bonds is 4. The molecule has 0 heterocycles. The van der Waals surface area contributed by atoms with E-state index in [1.54, 1.807) is 48.5 Å². The van der Waals surface area contributed by atoms with Gasteiger partial charge in [-0.15, -0.1) is 0 Å². The normalized spacial score (nSPS) is 11.4. The van der Waals surface area contributed by atoms with E-state index >= 15 is 0 Å². The molecule has 0 aliphatic carbocycles. The highest BCUT2D eigenvalue weighted by atomic mass is 35.5. The summed E-state index contributed by atoms with van der Waals surface area (Å²) >= 11 is 6.11. The summed E-state index contributed by atoms with van der Waals surface area (Å²) in [4.78, 5) is 0. The van der Waals surface area contributed by atoms with E-state index in [0.717, 1.165) is 22.3 Å². The van der Waals surface area contributed by atoms with Gasteiger partial charge in [-0.2, -0.15) is 0 Å². The van der Waals surface area contributed by atoms with Gasteiger partial charge in [-0.25, -0.2) is 13.2 Å². The minimum Gasteiger partial charge on any atom is -0.207 e. The van der Waals surface area contributed by atoms with Crippen molar-refractivity contribution >= 4 is 11.6 Å². The van der Waals surface area contributed by atoms with E-state index in [1.807, 2.05) is 12.1 Å². The third-order valence-corrected chi connectivity index (χ3v) is 5.36. The maximum atomic E-state index is 13.7.